The minimum atomic E-state index is -0.666. The second-order valence-corrected chi connectivity index (χ2v) is 20.7. The number of hydrogen-bond acceptors (Lipinski definition) is 5. The monoisotopic (exact) mass is 956 g/mol. The van der Waals surface area contributed by atoms with E-state index < -0.39 is 12.1 Å². The van der Waals surface area contributed by atoms with Gasteiger partial charge in [0.1, 0.15) is 0 Å². The summed E-state index contributed by atoms with van der Waals surface area (Å²) in [6.07, 6.45) is 71.6. The molecular weight excluding hydrogens is 839 g/mol. The number of nitrogens with one attached hydrogen (secondary N) is 1. The van der Waals surface area contributed by atoms with Crippen molar-refractivity contribution < 1.29 is 24.5 Å². The average molecular weight is 957 g/mol. The highest BCUT2D eigenvalue weighted by molar-refractivity contribution is 5.76. The number of ether oxygens (including phenoxy) is 1. The molecular formula is C62H117NO5. The number of carbonyl (C=O) groups excluding carboxylic acids is 2. The fraction of sp³-hybridized carbons (Fsp3) is 0.871. The molecule has 400 valence electrons. The van der Waals surface area contributed by atoms with Crippen molar-refractivity contribution in [3.05, 3.63) is 36.5 Å². The Morgan fingerprint density at radius 2 is 0.735 bits per heavy atom. The highest BCUT2D eigenvalue weighted by atomic mass is 16.5. The zero-order chi connectivity index (χ0) is 49.3. The van der Waals surface area contributed by atoms with E-state index in [2.05, 4.69) is 55.6 Å². The van der Waals surface area contributed by atoms with Crippen LogP contribution in [0.25, 0.3) is 0 Å². The normalized spacial score (nSPS) is 12.8. The summed E-state index contributed by atoms with van der Waals surface area (Å²) in [7, 11) is 0. The summed E-state index contributed by atoms with van der Waals surface area (Å²) >= 11 is 0. The highest BCUT2D eigenvalue weighted by Gasteiger charge is 2.20. The minimum absolute atomic E-state index is 0.00753. The van der Waals surface area contributed by atoms with E-state index in [-0.39, 0.29) is 18.5 Å². The molecule has 0 aliphatic rings. The molecule has 2 atom stereocenters. The molecule has 0 aromatic carbocycles. The van der Waals surface area contributed by atoms with Gasteiger partial charge in [0.2, 0.25) is 5.91 Å². The number of aliphatic hydroxyl groups is 2. The molecule has 1 amide bonds. The van der Waals surface area contributed by atoms with Gasteiger partial charge in [-0.1, -0.05) is 262 Å². The van der Waals surface area contributed by atoms with Gasteiger partial charge in [0, 0.05) is 12.8 Å². The summed E-state index contributed by atoms with van der Waals surface area (Å²) < 4.78 is 5.49. The van der Waals surface area contributed by atoms with Gasteiger partial charge in [0.05, 0.1) is 25.4 Å². The van der Waals surface area contributed by atoms with Crippen LogP contribution in [0.3, 0.4) is 0 Å². The van der Waals surface area contributed by atoms with Gasteiger partial charge in [0.15, 0.2) is 0 Å². The fourth-order valence-electron chi connectivity index (χ4n) is 9.25. The van der Waals surface area contributed by atoms with E-state index >= 15 is 0 Å². The van der Waals surface area contributed by atoms with Gasteiger partial charge in [-0.25, -0.2) is 0 Å². The first-order valence-corrected chi connectivity index (χ1v) is 30.2. The molecule has 0 radical (unpaired) electrons. The lowest BCUT2D eigenvalue weighted by molar-refractivity contribution is -0.143. The van der Waals surface area contributed by atoms with Crippen LogP contribution in [-0.4, -0.2) is 47.4 Å². The summed E-state index contributed by atoms with van der Waals surface area (Å²) in [5.74, 6) is -0.0361. The minimum Gasteiger partial charge on any atom is -0.466 e. The first-order valence-electron chi connectivity index (χ1n) is 30.2. The van der Waals surface area contributed by atoms with E-state index in [1.54, 1.807) is 0 Å². The van der Waals surface area contributed by atoms with Crippen molar-refractivity contribution in [1.29, 1.82) is 0 Å². The fourth-order valence-corrected chi connectivity index (χ4v) is 9.25. The maximum absolute atomic E-state index is 12.4. The zero-order valence-electron chi connectivity index (χ0n) is 45.6. The van der Waals surface area contributed by atoms with Crippen molar-refractivity contribution in [3.63, 3.8) is 0 Å². The van der Waals surface area contributed by atoms with Gasteiger partial charge in [-0.2, -0.15) is 0 Å². The smallest absolute Gasteiger partial charge is 0.305 e. The predicted octanol–water partition coefficient (Wildman–Crippen LogP) is 18.8. The van der Waals surface area contributed by atoms with E-state index in [0.29, 0.717) is 25.9 Å². The standard InChI is InChI=1S/C62H117NO5/c1-3-5-7-9-11-13-14-15-16-17-23-27-30-33-36-40-44-48-52-56-62(67)68-57-53-49-45-41-37-34-31-28-25-22-20-18-19-21-24-26-29-32-35-39-43-47-51-55-61(66)63-59(58-64)60(65)54-50-46-42-38-12-10-8-6-4-2/h11,13,15-16,21,24,59-60,64-65H,3-10,12,14,17-20,22-23,25-58H2,1-2H3,(H,63,66)/b13-11-,16-15-,24-21-. The van der Waals surface area contributed by atoms with Gasteiger partial charge < -0.3 is 20.3 Å². The average Bonchev–Trinajstić information content (AvgIpc) is 3.34. The Morgan fingerprint density at radius 1 is 0.412 bits per heavy atom. The quantitative estimate of drug-likeness (QED) is 0.0321. The van der Waals surface area contributed by atoms with Gasteiger partial charge >= 0.3 is 5.97 Å². The first kappa shape index (κ1) is 66.1. The van der Waals surface area contributed by atoms with Crippen molar-refractivity contribution in [2.24, 2.45) is 0 Å². The van der Waals surface area contributed by atoms with Gasteiger partial charge in [-0.3, -0.25) is 9.59 Å². The number of aliphatic hydroxyl groups excluding tert-OH is 2. The third-order valence-electron chi connectivity index (χ3n) is 13.9. The Hall–Kier alpha value is -1.92. The Labute approximate surface area is 424 Å². The molecule has 0 spiro atoms. The molecule has 0 aliphatic carbocycles. The van der Waals surface area contributed by atoms with Crippen molar-refractivity contribution >= 4 is 11.9 Å². The molecule has 6 nitrogen and oxygen atoms in total. The molecule has 3 N–H and O–H groups in total. The summed E-state index contributed by atoms with van der Waals surface area (Å²) in [6.45, 7) is 4.91. The third kappa shape index (κ3) is 53.4. The molecule has 6 heteroatoms. The van der Waals surface area contributed by atoms with Crippen LogP contribution in [0, 0.1) is 0 Å². The Kier molecular flexibility index (Phi) is 56.0. The predicted molar refractivity (Wildman–Crippen MR) is 296 cm³/mol. The van der Waals surface area contributed by atoms with Gasteiger partial charge in [-0.05, 0) is 83.5 Å². The van der Waals surface area contributed by atoms with Gasteiger partial charge in [0.25, 0.3) is 0 Å². The molecule has 0 aromatic rings. The van der Waals surface area contributed by atoms with Crippen LogP contribution in [-0.2, 0) is 14.3 Å². The second-order valence-electron chi connectivity index (χ2n) is 20.7. The first-order chi connectivity index (χ1) is 33.5. The number of allylic oxidation sites excluding steroid dienone is 6. The van der Waals surface area contributed by atoms with E-state index in [9.17, 15) is 19.8 Å². The van der Waals surface area contributed by atoms with E-state index in [0.717, 1.165) is 51.4 Å². The summed E-state index contributed by atoms with van der Waals surface area (Å²) in [4.78, 5) is 24.5. The number of carbonyl (C=O) groups is 2. The van der Waals surface area contributed by atoms with Crippen LogP contribution in [0.4, 0.5) is 0 Å². The van der Waals surface area contributed by atoms with E-state index in [1.807, 2.05) is 0 Å². The largest absolute Gasteiger partial charge is 0.466 e. The number of amides is 1. The number of esters is 1. The van der Waals surface area contributed by atoms with Crippen LogP contribution < -0.4 is 5.32 Å². The van der Waals surface area contributed by atoms with Gasteiger partial charge in [-0.15, -0.1) is 0 Å². The Balaban J connectivity index is 3.37. The number of unbranched alkanes of at least 4 members (excludes halogenated alkanes) is 39. The molecule has 0 saturated heterocycles. The van der Waals surface area contributed by atoms with E-state index in [4.69, 9.17) is 4.74 Å². The van der Waals surface area contributed by atoms with Crippen molar-refractivity contribution in [1.82, 2.24) is 5.32 Å². The third-order valence-corrected chi connectivity index (χ3v) is 13.9. The van der Waals surface area contributed by atoms with Crippen molar-refractivity contribution in [2.45, 2.75) is 334 Å². The highest BCUT2D eigenvalue weighted by Crippen LogP contribution is 2.17. The Bertz CT molecular complexity index is 1100. The molecule has 0 aromatic heterocycles. The van der Waals surface area contributed by atoms with Crippen LogP contribution in [0.2, 0.25) is 0 Å². The molecule has 0 saturated carbocycles. The molecule has 0 bridgehead atoms. The number of rotatable bonds is 56. The molecule has 0 heterocycles. The lowest BCUT2D eigenvalue weighted by Gasteiger charge is -2.22. The lowest BCUT2D eigenvalue weighted by atomic mass is 10.0. The molecule has 0 aliphatic heterocycles. The maximum atomic E-state index is 12.4. The SMILES string of the molecule is CCCCC/C=C\C/C=C\CCCCCCCCCCCC(=O)OCCCCCCCCCCCCCC/C=C\CCCCCCCCCC(=O)NC(CO)C(O)CCCCCCCCCCC. The van der Waals surface area contributed by atoms with Crippen LogP contribution in [0.5, 0.6) is 0 Å². The molecule has 0 rings (SSSR count). The van der Waals surface area contributed by atoms with Crippen LogP contribution in [0.1, 0.15) is 322 Å². The Morgan fingerprint density at radius 3 is 1.16 bits per heavy atom. The molecule has 2 unspecified atom stereocenters. The maximum Gasteiger partial charge on any atom is 0.305 e. The second kappa shape index (κ2) is 57.7. The summed E-state index contributed by atoms with van der Waals surface area (Å²) in [5, 5.41) is 23.1. The lowest BCUT2D eigenvalue weighted by Crippen LogP contribution is -2.45. The van der Waals surface area contributed by atoms with Crippen molar-refractivity contribution in [3.8, 4) is 0 Å². The molecule has 0 fully saturated rings. The summed E-state index contributed by atoms with van der Waals surface area (Å²) in [6, 6.07) is -0.544. The molecule has 68 heavy (non-hydrogen) atoms. The summed E-state index contributed by atoms with van der Waals surface area (Å²) in [5.41, 5.74) is 0. The zero-order valence-corrected chi connectivity index (χ0v) is 45.6. The topological polar surface area (TPSA) is 95.9 Å². The van der Waals surface area contributed by atoms with Crippen LogP contribution in [0.15, 0.2) is 36.5 Å². The van der Waals surface area contributed by atoms with E-state index in [1.165, 1.54) is 238 Å². The number of hydrogen-bond donors (Lipinski definition) is 3. The van der Waals surface area contributed by atoms with Crippen LogP contribution >= 0.6 is 0 Å². The van der Waals surface area contributed by atoms with Crippen molar-refractivity contribution in [2.75, 3.05) is 13.2 Å².